The van der Waals surface area contributed by atoms with Crippen molar-refractivity contribution in [3.05, 3.63) is 83.8 Å². The lowest BCUT2D eigenvalue weighted by molar-refractivity contribution is -0.136. The number of hydrogen-bond acceptors (Lipinski definition) is 5. The van der Waals surface area contributed by atoms with Crippen LogP contribution in [0.4, 0.5) is 5.13 Å². The molecule has 1 heterocycles. The van der Waals surface area contributed by atoms with Gasteiger partial charge in [-0.25, -0.2) is 4.98 Å². The average Bonchev–Trinajstić information content (AvgIpc) is 3.24. The first-order valence-corrected chi connectivity index (χ1v) is 10.4. The van der Waals surface area contributed by atoms with E-state index in [0.29, 0.717) is 18.7 Å². The number of anilines is 1. The van der Waals surface area contributed by atoms with Crippen LogP contribution < -0.4 is 10.2 Å². The van der Waals surface area contributed by atoms with E-state index in [-0.39, 0.29) is 18.9 Å². The third kappa shape index (κ3) is 5.78. The summed E-state index contributed by atoms with van der Waals surface area (Å²) in [5.41, 5.74) is 3.56. The highest BCUT2D eigenvalue weighted by atomic mass is 32.1. The van der Waals surface area contributed by atoms with E-state index in [1.54, 1.807) is 23.5 Å². The number of carboxylic acid groups (broad SMARTS) is 1. The van der Waals surface area contributed by atoms with E-state index in [2.05, 4.69) is 16.8 Å². The number of amides is 1. The Hall–Kier alpha value is -3.45. The lowest BCUT2D eigenvalue weighted by Gasteiger charge is -2.20. The zero-order valence-electron chi connectivity index (χ0n) is 16.5. The number of carbonyl (C=O) groups excluding carboxylic acids is 1. The predicted octanol–water partition coefficient (Wildman–Crippen LogP) is 4.21. The molecule has 0 aliphatic rings. The Labute approximate surface area is 179 Å². The second kappa shape index (κ2) is 10.4. The molecule has 0 saturated heterocycles. The summed E-state index contributed by atoms with van der Waals surface area (Å²) in [7, 11) is 0. The fraction of sp³-hybridized carbons (Fsp3) is 0.174. The van der Waals surface area contributed by atoms with E-state index in [0.717, 1.165) is 22.0 Å². The molecule has 3 aromatic rings. The first-order valence-electron chi connectivity index (χ1n) is 9.52. The number of carboxylic acids is 1. The SMILES string of the molecule is C=CCN(Cc1ccc(C(=O)NCCC(=O)O)cc1)c1nc(-c2ccccc2)cs1. The normalized spacial score (nSPS) is 10.4. The van der Waals surface area contributed by atoms with Gasteiger partial charge in [-0.3, -0.25) is 9.59 Å². The maximum atomic E-state index is 12.1. The summed E-state index contributed by atoms with van der Waals surface area (Å²) in [4.78, 5) is 29.5. The third-order valence-corrected chi connectivity index (χ3v) is 5.30. The van der Waals surface area contributed by atoms with E-state index in [1.165, 1.54) is 0 Å². The predicted molar refractivity (Wildman–Crippen MR) is 120 cm³/mol. The maximum absolute atomic E-state index is 12.1. The van der Waals surface area contributed by atoms with Gasteiger partial charge in [-0.1, -0.05) is 48.5 Å². The summed E-state index contributed by atoms with van der Waals surface area (Å²) in [5, 5.41) is 14.2. The number of aromatic nitrogens is 1. The van der Waals surface area contributed by atoms with Crippen LogP contribution in [0.2, 0.25) is 0 Å². The smallest absolute Gasteiger partial charge is 0.305 e. The van der Waals surface area contributed by atoms with Crippen molar-refractivity contribution in [1.29, 1.82) is 0 Å². The first kappa shape index (κ1) is 21.3. The standard InChI is InChI=1S/C23H23N3O3S/c1-2-14-26(23-25-20(16-30-23)18-6-4-3-5-7-18)15-17-8-10-19(11-9-17)22(29)24-13-12-21(27)28/h2-11,16H,1,12-15H2,(H,24,29)(H,27,28). The molecule has 0 aliphatic heterocycles. The lowest BCUT2D eigenvalue weighted by atomic mass is 10.1. The largest absolute Gasteiger partial charge is 0.481 e. The fourth-order valence-electron chi connectivity index (χ4n) is 2.88. The van der Waals surface area contributed by atoms with Crippen molar-refractivity contribution in [2.75, 3.05) is 18.0 Å². The molecule has 0 fully saturated rings. The van der Waals surface area contributed by atoms with Crippen LogP contribution in [0.15, 0.2) is 72.6 Å². The molecule has 0 unspecified atom stereocenters. The number of carbonyl (C=O) groups is 2. The number of thiazole rings is 1. The molecule has 0 radical (unpaired) electrons. The van der Waals surface area contributed by atoms with Crippen molar-refractivity contribution in [2.24, 2.45) is 0 Å². The first-order chi connectivity index (χ1) is 14.6. The molecule has 7 heteroatoms. The van der Waals surface area contributed by atoms with Gasteiger partial charge in [0.25, 0.3) is 5.91 Å². The Morgan fingerprint density at radius 3 is 2.53 bits per heavy atom. The highest BCUT2D eigenvalue weighted by molar-refractivity contribution is 7.14. The van der Waals surface area contributed by atoms with Gasteiger partial charge in [0.1, 0.15) is 0 Å². The number of hydrogen-bond donors (Lipinski definition) is 2. The fourth-order valence-corrected chi connectivity index (χ4v) is 3.73. The van der Waals surface area contributed by atoms with Gasteiger partial charge in [0.15, 0.2) is 5.13 Å². The molecule has 3 rings (SSSR count). The van der Waals surface area contributed by atoms with Crippen LogP contribution >= 0.6 is 11.3 Å². The zero-order chi connectivity index (χ0) is 21.3. The lowest BCUT2D eigenvalue weighted by Crippen LogP contribution is -2.26. The molecule has 0 aliphatic carbocycles. The van der Waals surface area contributed by atoms with Crippen LogP contribution in [0, 0.1) is 0 Å². The Morgan fingerprint density at radius 1 is 1.13 bits per heavy atom. The average molecular weight is 422 g/mol. The topological polar surface area (TPSA) is 82.5 Å². The van der Waals surface area contributed by atoms with Crippen LogP contribution in [0.5, 0.6) is 0 Å². The number of nitrogens with zero attached hydrogens (tertiary/aromatic N) is 2. The van der Waals surface area contributed by atoms with Gasteiger partial charge in [-0.05, 0) is 17.7 Å². The molecule has 0 bridgehead atoms. The van der Waals surface area contributed by atoms with Crippen LogP contribution in [0.3, 0.4) is 0 Å². The van der Waals surface area contributed by atoms with Crippen LogP contribution in [-0.4, -0.2) is 35.1 Å². The molecule has 154 valence electrons. The van der Waals surface area contributed by atoms with Crippen molar-refractivity contribution in [3.63, 3.8) is 0 Å². The molecule has 30 heavy (non-hydrogen) atoms. The van der Waals surface area contributed by atoms with Crippen molar-refractivity contribution in [3.8, 4) is 11.3 Å². The molecular weight excluding hydrogens is 398 g/mol. The quantitative estimate of drug-likeness (QED) is 0.479. The van der Waals surface area contributed by atoms with Crippen molar-refractivity contribution < 1.29 is 14.7 Å². The van der Waals surface area contributed by atoms with Crippen molar-refractivity contribution >= 4 is 28.3 Å². The molecule has 6 nitrogen and oxygen atoms in total. The Balaban J connectivity index is 1.67. The number of benzene rings is 2. The number of nitrogens with one attached hydrogen (secondary N) is 1. The van der Waals surface area contributed by atoms with Crippen LogP contribution in [0.25, 0.3) is 11.3 Å². The molecular formula is C23H23N3O3S. The Kier molecular flexibility index (Phi) is 7.34. The van der Waals surface area contributed by atoms with E-state index < -0.39 is 5.97 Å². The minimum Gasteiger partial charge on any atom is -0.481 e. The summed E-state index contributed by atoms with van der Waals surface area (Å²) in [5.74, 6) is -1.22. The zero-order valence-corrected chi connectivity index (χ0v) is 17.3. The van der Waals surface area contributed by atoms with Crippen molar-refractivity contribution in [2.45, 2.75) is 13.0 Å². The van der Waals surface area contributed by atoms with Gasteiger partial charge in [-0.2, -0.15) is 0 Å². The Bertz CT molecular complexity index is 1000. The van der Waals surface area contributed by atoms with Gasteiger partial charge in [0, 0.05) is 36.1 Å². The summed E-state index contributed by atoms with van der Waals surface area (Å²) in [6.45, 7) is 5.24. The molecule has 1 amide bonds. The van der Waals surface area contributed by atoms with Gasteiger partial charge < -0.3 is 15.3 Å². The van der Waals surface area contributed by atoms with Gasteiger partial charge in [-0.15, -0.1) is 17.9 Å². The molecule has 1 aromatic heterocycles. The van der Waals surface area contributed by atoms with Gasteiger partial charge in [0.05, 0.1) is 12.1 Å². The highest BCUT2D eigenvalue weighted by Crippen LogP contribution is 2.28. The Morgan fingerprint density at radius 2 is 1.87 bits per heavy atom. The van der Waals surface area contributed by atoms with Crippen LogP contribution in [0.1, 0.15) is 22.3 Å². The highest BCUT2D eigenvalue weighted by Gasteiger charge is 2.13. The van der Waals surface area contributed by atoms with E-state index in [1.807, 2.05) is 53.9 Å². The van der Waals surface area contributed by atoms with E-state index in [4.69, 9.17) is 10.1 Å². The second-order valence-corrected chi connectivity index (χ2v) is 7.48. The van der Waals surface area contributed by atoms with Gasteiger partial charge in [0.2, 0.25) is 0 Å². The maximum Gasteiger partial charge on any atom is 0.305 e. The molecule has 2 N–H and O–H groups in total. The summed E-state index contributed by atoms with van der Waals surface area (Å²) < 4.78 is 0. The van der Waals surface area contributed by atoms with E-state index in [9.17, 15) is 9.59 Å². The molecule has 0 atom stereocenters. The molecule has 0 spiro atoms. The third-order valence-electron chi connectivity index (χ3n) is 4.40. The summed E-state index contributed by atoms with van der Waals surface area (Å²) >= 11 is 1.59. The van der Waals surface area contributed by atoms with Crippen LogP contribution in [-0.2, 0) is 11.3 Å². The minimum absolute atomic E-state index is 0.0981. The summed E-state index contributed by atoms with van der Waals surface area (Å²) in [6, 6.07) is 17.3. The number of rotatable bonds is 10. The monoisotopic (exact) mass is 421 g/mol. The van der Waals surface area contributed by atoms with E-state index >= 15 is 0 Å². The second-order valence-electron chi connectivity index (χ2n) is 6.65. The molecule has 2 aromatic carbocycles. The molecule has 0 saturated carbocycles. The number of aliphatic carboxylic acids is 1. The van der Waals surface area contributed by atoms with Gasteiger partial charge >= 0.3 is 5.97 Å². The van der Waals surface area contributed by atoms with Crippen molar-refractivity contribution in [1.82, 2.24) is 10.3 Å². The minimum atomic E-state index is -0.939. The summed E-state index contributed by atoms with van der Waals surface area (Å²) in [6.07, 6.45) is 1.74.